The smallest absolute Gasteiger partial charge is 0.287 e. The van der Waals surface area contributed by atoms with E-state index in [1.54, 1.807) is 12.1 Å². The molecule has 1 amide bonds. The second-order valence-corrected chi connectivity index (χ2v) is 7.33. The van der Waals surface area contributed by atoms with Crippen molar-refractivity contribution in [3.63, 3.8) is 0 Å². The Bertz CT molecular complexity index is 582. The van der Waals surface area contributed by atoms with Crippen molar-refractivity contribution in [2.75, 3.05) is 58.7 Å². The molecular formula is C14H23N3O5S. The molecule has 1 saturated heterocycles. The number of hydrogen-bond donors (Lipinski definition) is 1. The number of sulfonamides is 1. The van der Waals surface area contributed by atoms with Crippen LogP contribution >= 0.6 is 0 Å². The van der Waals surface area contributed by atoms with E-state index in [0.29, 0.717) is 26.3 Å². The van der Waals surface area contributed by atoms with Crippen molar-refractivity contribution in [3.8, 4) is 0 Å². The SMILES string of the molecule is CS(=O)(=O)N(CCNC(=O)c1ccco1)CCN1CCOCC1. The van der Waals surface area contributed by atoms with Crippen LogP contribution in [0.5, 0.6) is 0 Å². The van der Waals surface area contributed by atoms with Crippen LogP contribution in [-0.2, 0) is 14.8 Å². The highest BCUT2D eigenvalue weighted by molar-refractivity contribution is 7.88. The quantitative estimate of drug-likeness (QED) is 0.689. The minimum Gasteiger partial charge on any atom is -0.459 e. The molecule has 1 N–H and O–H groups in total. The summed E-state index contributed by atoms with van der Waals surface area (Å²) in [5.41, 5.74) is 0. The van der Waals surface area contributed by atoms with Crippen LogP contribution < -0.4 is 5.32 Å². The van der Waals surface area contributed by atoms with Crippen molar-refractivity contribution >= 4 is 15.9 Å². The second kappa shape index (κ2) is 8.44. The molecule has 0 atom stereocenters. The number of ether oxygens (including phenoxy) is 1. The van der Waals surface area contributed by atoms with E-state index in [1.165, 1.54) is 16.8 Å². The normalized spacial score (nSPS) is 16.6. The molecule has 2 rings (SSSR count). The Morgan fingerprint density at radius 1 is 1.35 bits per heavy atom. The lowest BCUT2D eigenvalue weighted by Crippen LogP contribution is -2.44. The first-order chi connectivity index (χ1) is 11.0. The van der Waals surface area contributed by atoms with Gasteiger partial charge in [0.05, 0.1) is 25.7 Å². The van der Waals surface area contributed by atoms with E-state index in [4.69, 9.17) is 9.15 Å². The Kier molecular flexibility index (Phi) is 6.58. The first kappa shape index (κ1) is 17.9. The van der Waals surface area contributed by atoms with Gasteiger partial charge in [0.25, 0.3) is 5.91 Å². The molecule has 23 heavy (non-hydrogen) atoms. The Morgan fingerprint density at radius 3 is 2.70 bits per heavy atom. The molecule has 8 nitrogen and oxygen atoms in total. The minimum absolute atomic E-state index is 0.212. The maximum absolute atomic E-state index is 11.9. The van der Waals surface area contributed by atoms with Gasteiger partial charge in [-0.1, -0.05) is 0 Å². The van der Waals surface area contributed by atoms with Gasteiger partial charge in [-0.25, -0.2) is 8.42 Å². The zero-order chi connectivity index (χ0) is 16.7. The summed E-state index contributed by atoms with van der Waals surface area (Å²) in [6, 6.07) is 3.18. The number of nitrogens with zero attached hydrogens (tertiary/aromatic N) is 2. The van der Waals surface area contributed by atoms with Gasteiger partial charge in [0.15, 0.2) is 5.76 Å². The molecule has 1 fully saturated rings. The van der Waals surface area contributed by atoms with Crippen LogP contribution in [0.3, 0.4) is 0 Å². The molecule has 130 valence electrons. The molecule has 0 radical (unpaired) electrons. The number of morpholine rings is 1. The van der Waals surface area contributed by atoms with Crippen LogP contribution in [0, 0.1) is 0 Å². The van der Waals surface area contributed by atoms with Crippen LogP contribution in [0.15, 0.2) is 22.8 Å². The van der Waals surface area contributed by atoms with E-state index in [-0.39, 0.29) is 24.8 Å². The van der Waals surface area contributed by atoms with Crippen molar-refractivity contribution < 1.29 is 22.4 Å². The largest absolute Gasteiger partial charge is 0.459 e. The summed E-state index contributed by atoms with van der Waals surface area (Å²) in [7, 11) is -3.32. The molecular weight excluding hydrogens is 322 g/mol. The molecule has 2 heterocycles. The minimum atomic E-state index is -3.32. The number of carbonyl (C=O) groups excluding carboxylic acids is 1. The van der Waals surface area contributed by atoms with E-state index < -0.39 is 10.0 Å². The summed E-state index contributed by atoms with van der Waals surface area (Å²) in [6.07, 6.45) is 2.60. The standard InChI is InChI=1S/C14H23N3O5S/c1-23(19,20)17(7-6-16-8-11-21-12-9-16)5-4-15-14(18)13-3-2-10-22-13/h2-3,10H,4-9,11-12H2,1H3,(H,15,18). The van der Waals surface area contributed by atoms with Gasteiger partial charge < -0.3 is 14.5 Å². The third kappa shape index (κ3) is 5.94. The molecule has 9 heteroatoms. The summed E-state index contributed by atoms with van der Waals surface area (Å²) in [5, 5.41) is 2.65. The molecule has 1 aliphatic heterocycles. The summed E-state index contributed by atoms with van der Waals surface area (Å²) >= 11 is 0. The van der Waals surface area contributed by atoms with Crippen LogP contribution in [0.4, 0.5) is 0 Å². The molecule has 0 aromatic carbocycles. The van der Waals surface area contributed by atoms with Crippen molar-refractivity contribution in [1.29, 1.82) is 0 Å². The van der Waals surface area contributed by atoms with Gasteiger partial charge in [0.1, 0.15) is 0 Å². The number of amides is 1. The van der Waals surface area contributed by atoms with E-state index in [0.717, 1.165) is 13.1 Å². The Balaban J connectivity index is 1.78. The highest BCUT2D eigenvalue weighted by atomic mass is 32.2. The lowest BCUT2D eigenvalue weighted by molar-refractivity contribution is 0.0363. The molecule has 0 bridgehead atoms. The number of nitrogens with one attached hydrogen (secondary N) is 1. The molecule has 0 unspecified atom stereocenters. The van der Waals surface area contributed by atoms with Crippen LogP contribution in [0.2, 0.25) is 0 Å². The van der Waals surface area contributed by atoms with Crippen molar-refractivity contribution in [2.45, 2.75) is 0 Å². The Labute approximate surface area is 136 Å². The zero-order valence-corrected chi connectivity index (χ0v) is 14.0. The van der Waals surface area contributed by atoms with Crippen LogP contribution in [-0.4, -0.2) is 82.3 Å². The molecule has 0 aliphatic carbocycles. The van der Waals surface area contributed by atoms with Gasteiger partial charge in [-0.3, -0.25) is 9.69 Å². The predicted octanol–water partition coefficient (Wildman–Crippen LogP) is -0.397. The molecule has 0 saturated carbocycles. The first-order valence-corrected chi connectivity index (χ1v) is 9.38. The van der Waals surface area contributed by atoms with E-state index in [9.17, 15) is 13.2 Å². The lowest BCUT2D eigenvalue weighted by atomic mass is 10.4. The predicted molar refractivity (Wildman–Crippen MR) is 84.7 cm³/mol. The Morgan fingerprint density at radius 2 is 2.09 bits per heavy atom. The highest BCUT2D eigenvalue weighted by Gasteiger charge is 2.19. The topological polar surface area (TPSA) is 92.1 Å². The fourth-order valence-corrected chi connectivity index (χ4v) is 3.15. The van der Waals surface area contributed by atoms with Gasteiger partial charge >= 0.3 is 0 Å². The van der Waals surface area contributed by atoms with Gasteiger partial charge in [-0.15, -0.1) is 0 Å². The van der Waals surface area contributed by atoms with Crippen molar-refractivity contribution in [2.24, 2.45) is 0 Å². The number of rotatable bonds is 8. The summed E-state index contributed by atoms with van der Waals surface area (Å²) in [6.45, 7) is 4.50. The third-order valence-electron chi connectivity index (χ3n) is 3.63. The first-order valence-electron chi connectivity index (χ1n) is 7.54. The number of furan rings is 1. The van der Waals surface area contributed by atoms with Gasteiger partial charge in [0.2, 0.25) is 10.0 Å². The fraction of sp³-hybridized carbons (Fsp3) is 0.643. The zero-order valence-electron chi connectivity index (χ0n) is 13.2. The molecule has 1 aromatic heterocycles. The molecule has 1 aromatic rings. The highest BCUT2D eigenvalue weighted by Crippen LogP contribution is 2.02. The van der Waals surface area contributed by atoms with Crippen LogP contribution in [0.25, 0.3) is 0 Å². The number of carbonyl (C=O) groups is 1. The fourth-order valence-electron chi connectivity index (χ4n) is 2.31. The average Bonchev–Trinajstić information content (AvgIpc) is 3.04. The van der Waals surface area contributed by atoms with Crippen LogP contribution in [0.1, 0.15) is 10.6 Å². The summed E-state index contributed by atoms with van der Waals surface area (Å²) in [4.78, 5) is 13.9. The second-order valence-electron chi connectivity index (χ2n) is 5.35. The average molecular weight is 345 g/mol. The Hall–Kier alpha value is -1.42. The van der Waals surface area contributed by atoms with Crippen molar-refractivity contribution in [3.05, 3.63) is 24.2 Å². The maximum atomic E-state index is 11.9. The summed E-state index contributed by atoms with van der Waals surface area (Å²) < 4.78 is 35.4. The van der Waals surface area contributed by atoms with Crippen molar-refractivity contribution in [1.82, 2.24) is 14.5 Å². The van der Waals surface area contributed by atoms with E-state index in [1.807, 2.05) is 0 Å². The summed E-state index contributed by atoms with van der Waals surface area (Å²) in [5.74, 6) is -0.138. The molecule has 0 spiro atoms. The van der Waals surface area contributed by atoms with Gasteiger partial charge in [-0.05, 0) is 12.1 Å². The van der Waals surface area contributed by atoms with E-state index in [2.05, 4.69) is 10.2 Å². The maximum Gasteiger partial charge on any atom is 0.287 e. The third-order valence-corrected chi connectivity index (χ3v) is 4.93. The van der Waals surface area contributed by atoms with E-state index >= 15 is 0 Å². The monoisotopic (exact) mass is 345 g/mol. The number of hydrogen-bond acceptors (Lipinski definition) is 6. The lowest BCUT2D eigenvalue weighted by Gasteiger charge is -2.29. The van der Waals surface area contributed by atoms with Gasteiger partial charge in [0, 0.05) is 39.3 Å². The molecule has 1 aliphatic rings. The van der Waals surface area contributed by atoms with Gasteiger partial charge in [-0.2, -0.15) is 4.31 Å².